The maximum Gasteiger partial charge on any atom is 0.340 e. The van der Waals surface area contributed by atoms with Gasteiger partial charge in [-0.05, 0) is 57.5 Å². The number of nitrogens with zero attached hydrogens (tertiary/aromatic N) is 1. The predicted molar refractivity (Wildman–Crippen MR) is 102 cm³/mol. The van der Waals surface area contributed by atoms with Gasteiger partial charge in [0, 0.05) is 23.1 Å². The molecule has 150 valence electrons. The molecule has 7 nitrogen and oxygen atoms in total. The fourth-order valence-corrected chi connectivity index (χ4v) is 2.69. The molecular weight excluding hydrogens is 365 g/mol. The third-order valence-corrected chi connectivity index (χ3v) is 4.31. The van der Waals surface area contributed by atoms with Crippen molar-refractivity contribution in [2.45, 2.75) is 40.2 Å². The Morgan fingerprint density at radius 1 is 1.18 bits per heavy atom. The third kappa shape index (κ3) is 5.18. The second-order valence-electron chi connectivity index (χ2n) is 6.50. The van der Waals surface area contributed by atoms with E-state index < -0.39 is 24.5 Å². The van der Waals surface area contributed by atoms with Crippen molar-refractivity contribution in [3.8, 4) is 5.69 Å². The van der Waals surface area contributed by atoms with Gasteiger partial charge in [-0.2, -0.15) is 0 Å². The molecule has 2 N–H and O–H groups in total. The minimum Gasteiger partial charge on any atom is -0.452 e. The molecule has 0 aliphatic heterocycles. The quantitative estimate of drug-likeness (QED) is 0.743. The number of carbonyl (C=O) groups is 3. The van der Waals surface area contributed by atoms with Crippen molar-refractivity contribution in [1.82, 2.24) is 15.2 Å². The van der Waals surface area contributed by atoms with Crippen molar-refractivity contribution in [3.05, 3.63) is 53.1 Å². The lowest BCUT2D eigenvalue weighted by Gasteiger charge is -2.12. The van der Waals surface area contributed by atoms with Gasteiger partial charge in [-0.15, -0.1) is 0 Å². The van der Waals surface area contributed by atoms with E-state index in [9.17, 15) is 18.8 Å². The van der Waals surface area contributed by atoms with Gasteiger partial charge in [-0.1, -0.05) is 6.92 Å². The van der Waals surface area contributed by atoms with Gasteiger partial charge in [0.25, 0.3) is 5.91 Å². The summed E-state index contributed by atoms with van der Waals surface area (Å²) in [5.41, 5.74) is 2.35. The summed E-state index contributed by atoms with van der Waals surface area (Å²) in [6.07, 6.45) is 0.722. The van der Waals surface area contributed by atoms with Gasteiger partial charge in [0.15, 0.2) is 6.61 Å². The van der Waals surface area contributed by atoms with Crippen molar-refractivity contribution in [3.63, 3.8) is 0 Å². The number of ether oxygens (including phenoxy) is 1. The molecule has 0 radical (unpaired) electrons. The van der Waals surface area contributed by atoms with Crippen LogP contribution in [0.4, 0.5) is 9.18 Å². The molecule has 1 aromatic carbocycles. The lowest BCUT2D eigenvalue weighted by atomic mass is 10.2. The van der Waals surface area contributed by atoms with Crippen LogP contribution in [0, 0.1) is 19.7 Å². The predicted octanol–water partition coefficient (Wildman–Crippen LogP) is 3.01. The molecule has 1 aromatic heterocycles. The number of halogens is 1. The van der Waals surface area contributed by atoms with E-state index in [2.05, 4.69) is 10.6 Å². The minimum atomic E-state index is -0.721. The number of amides is 3. The molecule has 0 spiro atoms. The Labute approximate surface area is 162 Å². The van der Waals surface area contributed by atoms with E-state index in [4.69, 9.17) is 4.74 Å². The largest absolute Gasteiger partial charge is 0.452 e. The maximum absolute atomic E-state index is 13.1. The number of carbonyl (C=O) groups excluding carboxylic acids is 3. The Morgan fingerprint density at radius 3 is 2.43 bits per heavy atom. The molecule has 0 saturated heterocycles. The van der Waals surface area contributed by atoms with Crippen LogP contribution < -0.4 is 10.6 Å². The summed E-state index contributed by atoms with van der Waals surface area (Å²) in [5, 5.41) is 4.69. The molecule has 8 heteroatoms. The Morgan fingerprint density at radius 2 is 1.82 bits per heavy atom. The van der Waals surface area contributed by atoms with Crippen LogP contribution in [-0.4, -0.2) is 35.1 Å². The first-order chi connectivity index (χ1) is 13.2. The fourth-order valence-electron chi connectivity index (χ4n) is 2.69. The van der Waals surface area contributed by atoms with Crippen molar-refractivity contribution < 1.29 is 23.5 Å². The van der Waals surface area contributed by atoms with Gasteiger partial charge in [-0.25, -0.2) is 14.0 Å². The number of esters is 1. The average Bonchev–Trinajstić information content (AvgIpc) is 2.94. The lowest BCUT2D eigenvalue weighted by molar-refractivity contribution is -0.123. The number of aromatic nitrogens is 1. The minimum absolute atomic E-state index is 0.0767. The zero-order chi connectivity index (χ0) is 20.8. The fraction of sp³-hybridized carbons (Fsp3) is 0.350. The Bertz CT molecular complexity index is 874. The van der Waals surface area contributed by atoms with Crippen molar-refractivity contribution in [2.75, 3.05) is 6.61 Å². The van der Waals surface area contributed by atoms with Crippen LogP contribution in [0.2, 0.25) is 0 Å². The Hall–Kier alpha value is -3.16. The number of hydrogen-bond donors (Lipinski definition) is 2. The first-order valence-corrected chi connectivity index (χ1v) is 8.95. The second-order valence-corrected chi connectivity index (χ2v) is 6.50. The van der Waals surface area contributed by atoms with Crippen LogP contribution in [0.25, 0.3) is 5.69 Å². The number of rotatable bonds is 6. The van der Waals surface area contributed by atoms with Crippen LogP contribution in [-0.2, 0) is 9.53 Å². The van der Waals surface area contributed by atoms with E-state index in [0.717, 1.165) is 12.1 Å². The molecular formula is C20H24FN3O4. The Kier molecular flexibility index (Phi) is 6.92. The molecule has 2 aromatic rings. The summed E-state index contributed by atoms with van der Waals surface area (Å²) in [6, 6.07) is 6.80. The number of imide groups is 1. The second kappa shape index (κ2) is 9.16. The van der Waals surface area contributed by atoms with Crippen molar-refractivity contribution in [1.29, 1.82) is 0 Å². The van der Waals surface area contributed by atoms with E-state index in [1.807, 2.05) is 6.92 Å². The molecule has 1 heterocycles. The summed E-state index contributed by atoms with van der Waals surface area (Å²) in [7, 11) is 0. The normalized spacial score (nSPS) is 11.6. The highest BCUT2D eigenvalue weighted by molar-refractivity contribution is 5.97. The molecule has 0 fully saturated rings. The maximum atomic E-state index is 13.1. The van der Waals surface area contributed by atoms with Gasteiger partial charge in [0.05, 0.1) is 5.56 Å². The van der Waals surface area contributed by atoms with Gasteiger partial charge >= 0.3 is 12.0 Å². The number of hydrogen-bond acceptors (Lipinski definition) is 4. The standard InChI is InChI=1S/C20H24FN3O4/c1-5-12(2)22-20(27)23-18(25)11-28-19(26)17-10-13(3)24(14(17)4)16-8-6-15(21)7-9-16/h6-10,12H,5,11H2,1-4H3,(H2,22,23,25,27)/t12-/m0/s1. The molecule has 0 unspecified atom stereocenters. The van der Waals surface area contributed by atoms with Crippen molar-refractivity contribution in [2.24, 2.45) is 0 Å². The topological polar surface area (TPSA) is 89.4 Å². The number of aryl methyl sites for hydroxylation is 1. The number of benzene rings is 1. The summed E-state index contributed by atoms with van der Waals surface area (Å²) >= 11 is 0. The van der Waals surface area contributed by atoms with E-state index in [-0.39, 0.29) is 11.9 Å². The van der Waals surface area contributed by atoms with Gasteiger partial charge in [-0.3, -0.25) is 10.1 Å². The molecule has 1 atom stereocenters. The molecule has 0 saturated carbocycles. The van der Waals surface area contributed by atoms with Gasteiger partial charge in [0.2, 0.25) is 0 Å². The molecule has 0 aliphatic rings. The molecule has 2 rings (SSSR count). The van der Waals surface area contributed by atoms with Crippen molar-refractivity contribution >= 4 is 17.9 Å². The van der Waals surface area contributed by atoms with E-state index >= 15 is 0 Å². The first-order valence-electron chi connectivity index (χ1n) is 8.95. The number of nitrogens with one attached hydrogen (secondary N) is 2. The highest BCUT2D eigenvalue weighted by Gasteiger charge is 2.19. The third-order valence-electron chi connectivity index (χ3n) is 4.31. The van der Waals surface area contributed by atoms with Crippen LogP contribution in [0.15, 0.2) is 30.3 Å². The summed E-state index contributed by atoms with van der Waals surface area (Å²) in [5.74, 6) is -1.75. The van der Waals surface area contributed by atoms with Crippen LogP contribution in [0.5, 0.6) is 0 Å². The van der Waals surface area contributed by atoms with E-state index in [0.29, 0.717) is 16.9 Å². The average molecular weight is 389 g/mol. The Balaban J connectivity index is 2.01. The molecule has 3 amide bonds. The summed E-state index contributed by atoms with van der Waals surface area (Å²) < 4.78 is 20.0. The molecule has 0 aliphatic carbocycles. The SMILES string of the molecule is CC[C@H](C)NC(=O)NC(=O)COC(=O)c1cc(C)n(-c2ccc(F)cc2)c1C. The highest BCUT2D eigenvalue weighted by Crippen LogP contribution is 2.21. The summed E-state index contributed by atoms with van der Waals surface area (Å²) in [4.78, 5) is 35.7. The first kappa shape index (κ1) is 21.1. The molecule has 0 bridgehead atoms. The smallest absolute Gasteiger partial charge is 0.340 e. The van der Waals surface area contributed by atoms with Crippen LogP contribution >= 0.6 is 0 Å². The van der Waals surface area contributed by atoms with E-state index in [1.165, 1.54) is 12.1 Å². The van der Waals surface area contributed by atoms with Gasteiger partial charge in [0.1, 0.15) is 5.82 Å². The highest BCUT2D eigenvalue weighted by atomic mass is 19.1. The monoisotopic (exact) mass is 389 g/mol. The van der Waals surface area contributed by atoms with Gasteiger partial charge < -0.3 is 14.6 Å². The zero-order valence-electron chi connectivity index (χ0n) is 16.3. The zero-order valence-corrected chi connectivity index (χ0v) is 16.3. The van der Waals surface area contributed by atoms with Crippen LogP contribution in [0.3, 0.4) is 0 Å². The van der Waals surface area contributed by atoms with Crippen LogP contribution in [0.1, 0.15) is 42.0 Å². The van der Waals surface area contributed by atoms with E-state index in [1.54, 1.807) is 43.5 Å². The number of urea groups is 1. The summed E-state index contributed by atoms with van der Waals surface area (Å²) in [6.45, 7) is 6.66. The molecule has 28 heavy (non-hydrogen) atoms. The lowest BCUT2D eigenvalue weighted by Crippen LogP contribution is -2.44.